The number of amidine groups is 1. The number of alkyl halides is 1. The third-order valence-electron chi connectivity index (χ3n) is 5.09. The molecule has 0 saturated heterocycles. The summed E-state index contributed by atoms with van der Waals surface area (Å²) in [6, 6.07) is 0.433. The van der Waals surface area contributed by atoms with Gasteiger partial charge in [0.15, 0.2) is 5.17 Å². The second kappa shape index (κ2) is 4.21. The molecule has 2 bridgehead atoms. The number of rotatable bonds is 2. The Labute approximate surface area is 117 Å². The lowest BCUT2D eigenvalue weighted by atomic mass is 9.93. The third-order valence-corrected chi connectivity index (χ3v) is 6.56. The summed E-state index contributed by atoms with van der Waals surface area (Å²) < 4.78 is 13.1. The van der Waals surface area contributed by atoms with Crippen LogP contribution in [0.2, 0.25) is 0 Å². The van der Waals surface area contributed by atoms with E-state index in [1.165, 1.54) is 51.3 Å². The quantitative estimate of drug-likeness (QED) is 0.847. The summed E-state index contributed by atoms with van der Waals surface area (Å²) in [6.07, 6.45) is 5.10. The molecule has 4 atom stereocenters. The summed E-state index contributed by atoms with van der Waals surface area (Å²) in [4.78, 5) is 16.0. The average molecular weight is 284 g/mol. The molecule has 106 valence electrons. The number of fused-ring (bicyclic) bond motifs is 2. The highest BCUT2D eigenvalue weighted by atomic mass is 32.2. The van der Waals surface area contributed by atoms with Crippen LogP contribution in [0.25, 0.3) is 0 Å². The van der Waals surface area contributed by atoms with Gasteiger partial charge in [0.1, 0.15) is 10.4 Å². The second-order valence-corrected chi connectivity index (χ2v) is 8.16. The molecule has 1 unspecified atom stereocenters. The Balaban J connectivity index is 1.68. The molecule has 2 fully saturated rings. The molecule has 19 heavy (non-hydrogen) atoms. The summed E-state index contributed by atoms with van der Waals surface area (Å²) in [5.41, 5.74) is -1.57. The molecule has 1 N–H and O–H groups in total. The normalized spacial score (nSPS) is 41.8. The molecule has 0 aromatic rings. The van der Waals surface area contributed by atoms with Crippen LogP contribution >= 0.6 is 11.8 Å². The first kappa shape index (κ1) is 13.4. The van der Waals surface area contributed by atoms with Crippen LogP contribution in [0.3, 0.4) is 0 Å². The molecular formula is C14H21FN2OS. The van der Waals surface area contributed by atoms with Gasteiger partial charge < -0.3 is 5.32 Å². The monoisotopic (exact) mass is 284 g/mol. The first-order valence-electron chi connectivity index (χ1n) is 7.07. The maximum atomic E-state index is 14.2. The van der Waals surface area contributed by atoms with Crippen molar-refractivity contribution in [3.05, 3.63) is 0 Å². The minimum atomic E-state index is -1.57. The fourth-order valence-corrected chi connectivity index (χ4v) is 4.58. The Hall–Kier alpha value is -0.580. The minimum Gasteiger partial charge on any atom is -0.361 e. The molecule has 3 nitrogen and oxygen atoms in total. The number of nitrogens with one attached hydrogen (secondary N) is 1. The van der Waals surface area contributed by atoms with E-state index in [9.17, 15) is 9.18 Å². The van der Waals surface area contributed by atoms with Crippen LogP contribution in [0.4, 0.5) is 4.39 Å². The molecule has 0 aromatic carbocycles. The van der Waals surface area contributed by atoms with E-state index >= 15 is 0 Å². The van der Waals surface area contributed by atoms with E-state index in [0.29, 0.717) is 17.1 Å². The van der Waals surface area contributed by atoms with Crippen molar-refractivity contribution >= 4 is 22.8 Å². The van der Waals surface area contributed by atoms with Gasteiger partial charge in [-0.2, -0.15) is 4.99 Å². The molecule has 2 saturated carbocycles. The van der Waals surface area contributed by atoms with Gasteiger partial charge in [0, 0.05) is 6.04 Å². The zero-order chi connectivity index (χ0) is 13.8. The zero-order valence-electron chi connectivity index (χ0n) is 11.7. The van der Waals surface area contributed by atoms with E-state index < -0.39 is 10.4 Å². The summed E-state index contributed by atoms with van der Waals surface area (Å²) in [5, 5.41) is 4.01. The predicted octanol–water partition coefficient (Wildman–Crippen LogP) is 2.90. The van der Waals surface area contributed by atoms with Crippen molar-refractivity contribution < 1.29 is 9.18 Å². The van der Waals surface area contributed by atoms with E-state index in [-0.39, 0.29) is 5.91 Å². The molecular weight excluding hydrogens is 263 g/mol. The maximum Gasteiger partial charge on any atom is 0.267 e. The Kier molecular flexibility index (Phi) is 2.97. The summed E-state index contributed by atoms with van der Waals surface area (Å²) in [6.45, 7) is 4.56. The summed E-state index contributed by atoms with van der Waals surface area (Å²) in [7, 11) is 0. The van der Waals surface area contributed by atoms with Gasteiger partial charge in [0.25, 0.3) is 5.91 Å². The lowest BCUT2D eigenvalue weighted by Gasteiger charge is -2.31. The van der Waals surface area contributed by atoms with Crippen molar-refractivity contribution in [2.24, 2.45) is 16.8 Å². The Morgan fingerprint density at radius 2 is 2.16 bits per heavy atom. The SMILES string of the molecule is CC(C)(F)[C@]1(C)SC(N[C@H]2C[C@@H]3CCC2C3)=NC1=O. The van der Waals surface area contributed by atoms with Crippen LogP contribution in [0.15, 0.2) is 4.99 Å². The zero-order valence-corrected chi connectivity index (χ0v) is 12.5. The largest absolute Gasteiger partial charge is 0.361 e. The van der Waals surface area contributed by atoms with Crippen molar-refractivity contribution in [2.75, 3.05) is 0 Å². The van der Waals surface area contributed by atoms with Gasteiger partial charge in [-0.1, -0.05) is 18.2 Å². The van der Waals surface area contributed by atoms with Crippen molar-refractivity contribution in [1.29, 1.82) is 0 Å². The summed E-state index contributed by atoms with van der Waals surface area (Å²) in [5.74, 6) is 1.21. The van der Waals surface area contributed by atoms with Gasteiger partial charge in [0.05, 0.1) is 0 Å². The van der Waals surface area contributed by atoms with E-state index in [0.717, 1.165) is 5.92 Å². The maximum absolute atomic E-state index is 14.2. The average Bonchev–Trinajstić information content (AvgIpc) is 2.94. The topological polar surface area (TPSA) is 41.5 Å². The van der Waals surface area contributed by atoms with Crippen molar-refractivity contribution in [2.45, 2.75) is 62.9 Å². The number of hydrogen-bond acceptors (Lipinski definition) is 3. The molecule has 3 rings (SSSR count). The molecule has 3 aliphatic rings. The number of aliphatic imine (C=N–C) groups is 1. The van der Waals surface area contributed by atoms with Gasteiger partial charge in [-0.25, -0.2) is 4.39 Å². The van der Waals surface area contributed by atoms with Gasteiger partial charge >= 0.3 is 0 Å². The van der Waals surface area contributed by atoms with E-state index in [4.69, 9.17) is 0 Å². The highest BCUT2D eigenvalue weighted by Gasteiger charge is 2.54. The van der Waals surface area contributed by atoms with Gasteiger partial charge in [-0.05, 0) is 51.9 Å². The van der Waals surface area contributed by atoms with Crippen LogP contribution in [0.5, 0.6) is 0 Å². The van der Waals surface area contributed by atoms with Crippen LogP contribution < -0.4 is 5.32 Å². The smallest absolute Gasteiger partial charge is 0.267 e. The first-order chi connectivity index (χ1) is 8.79. The van der Waals surface area contributed by atoms with E-state index in [2.05, 4.69) is 10.3 Å². The van der Waals surface area contributed by atoms with Crippen LogP contribution in [-0.2, 0) is 4.79 Å². The lowest BCUT2D eigenvalue weighted by Crippen LogP contribution is -2.46. The summed E-state index contributed by atoms with van der Waals surface area (Å²) >= 11 is 1.26. The first-order valence-corrected chi connectivity index (χ1v) is 7.89. The molecule has 1 aliphatic heterocycles. The molecule has 0 spiro atoms. The van der Waals surface area contributed by atoms with Crippen molar-refractivity contribution in [1.82, 2.24) is 5.32 Å². The fourth-order valence-electron chi connectivity index (χ4n) is 3.48. The number of nitrogens with zero attached hydrogens (tertiary/aromatic N) is 1. The Bertz CT molecular complexity index is 445. The predicted molar refractivity (Wildman–Crippen MR) is 76.0 cm³/mol. The lowest BCUT2D eigenvalue weighted by molar-refractivity contribution is -0.122. The van der Waals surface area contributed by atoms with Crippen LogP contribution in [0, 0.1) is 11.8 Å². The van der Waals surface area contributed by atoms with E-state index in [1.807, 2.05) is 0 Å². The second-order valence-electron chi connectivity index (χ2n) is 6.76. The minimum absolute atomic E-state index is 0.351. The van der Waals surface area contributed by atoms with Gasteiger partial charge in [-0.3, -0.25) is 4.79 Å². The number of hydrogen-bond donors (Lipinski definition) is 1. The van der Waals surface area contributed by atoms with Gasteiger partial charge in [0.2, 0.25) is 0 Å². The third kappa shape index (κ3) is 2.10. The highest BCUT2D eigenvalue weighted by molar-refractivity contribution is 8.16. The van der Waals surface area contributed by atoms with Crippen LogP contribution in [0.1, 0.15) is 46.5 Å². The van der Waals surface area contributed by atoms with Crippen LogP contribution in [-0.4, -0.2) is 27.5 Å². The number of thioether (sulfide) groups is 1. The standard InChI is InChI=1S/C14H21FN2OS/c1-13(2,15)14(3)11(18)17-12(19-14)16-10-7-8-4-5-9(10)6-8/h8-10H,4-7H2,1-3H3,(H,16,17,18)/t8-,9?,10+,14-/m1/s1. The number of amides is 1. The highest BCUT2D eigenvalue weighted by Crippen LogP contribution is 2.47. The Morgan fingerprint density at radius 3 is 2.63 bits per heavy atom. The molecule has 1 heterocycles. The molecule has 2 aliphatic carbocycles. The van der Waals surface area contributed by atoms with E-state index in [1.54, 1.807) is 6.92 Å². The van der Waals surface area contributed by atoms with Gasteiger partial charge in [-0.15, -0.1) is 0 Å². The Morgan fingerprint density at radius 1 is 1.42 bits per heavy atom. The molecule has 0 aromatic heterocycles. The van der Waals surface area contributed by atoms with Crippen molar-refractivity contribution in [3.8, 4) is 0 Å². The number of halogens is 1. The molecule has 5 heteroatoms. The fraction of sp³-hybridized carbons (Fsp3) is 0.857. The molecule has 1 amide bonds. The number of carbonyl (C=O) groups is 1. The number of carbonyl (C=O) groups excluding carboxylic acids is 1. The molecule has 0 radical (unpaired) electrons. The van der Waals surface area contributed by atoms with Crippen molar-refractivity contribution in [3.63, 3.8) is 0 Å².